The number of anilines is 2. The maximum absolute atomic E-state index is 11.1. The first kappa shape index (κ1) is 12.7. The lowest BCUT2D eigenvalue weighted by Gasteiger charge is -2.17. The molecule has 1 saturated carbocycles. The molecule has 0 atom stereocenters. The van der Waals surface area contributed by atoms with Crippen LogP contribution >= 0.6 is 0 Å². The first-order valence-corrected chi connectivity index (χ1v) is 6.21. The van der Waals surface area contributed by atoms with Gasteiger partial charge in [-0.05, 0) is 38.1 Å². The summed E-state index contributed by atoms with van der Waals surface area (Å²) in [5.41, 5.74) is 13.0. The molecule has 5 nitrogen and oxygen atoms in total. The van der Waals surface area contributed by atoms with Crippen LogP contribution in [0, 0.1) is 0 Å². The summed E-state index contributed by atoms with van der Waals surface area (Å²) in [7, 11) is 2.13. The molecular formula is C13H20N4O. The number of nitrogens with zero attached hydrogens (tertiary/aromatic N) is 1. The van der Waals surface area contributed by atoms with Crippen molar-refractivity contribution in [3.05, 3.63) is 23.8 Å². The third kappa shape index (κ3) is 3.13. The largest absolute Gasteiger partial charge is 0.397 e. The second-order valence-electron chi connectivity index (χ2n) is 4.80. The van der Waals surface area contributed by atoms with Crippen LogP contribution in [0.25, 0.3) is 0 Å². The SMILES string of the molecule is CN(CCNc1cc(C(N)=O)ccc1N)C1CC1. The molecule has 5 heteroatoms. The Balaban J connectivity index is 1.91. The molecule has 0 unspecified atom stereocenters. The van der Waals surface area contributed by atoms with E-state index < -0.39 is 5.91 Å². The fourth-order valence-electron chi connectivity index (χ4n) is 1.93. The van der Waals surface area contributed by atoms with Crippen molar-refractivity contribution in [3.8, 4) is 0 Å². The van der Waals surface area contributed by atoms with Crippen LogP contribution in [0.5, 0.6) is 0 Å². The maximum atomic E-state index is 11.1. The normalized spacial score (nSPS) is 14.8. The van der Waals surface area contributed by atoms with Crippen LogP contribution in [-0.4, -0.2) is 37.0 Å². The van der Waals surface area contributed by atoms with Gasteiger partial charge in [0, 0.05) is 24.7 Å². The van der Waals surface area contributed by atoms with E-state index in [0.717, 1.165) is 24.8 Å². The summed E-state index contributed by atoms with van der Waals surface area (Å²) in [6.07, 6.45) is 2.60. The van der Waals surface area contributed by atoms with Gasteiger partial charge in [-0.2, -0.15) is 0 Å². The number of carbonyl (C=O) groups excluding carboxylic acids is 1. The molecule has 0 radical (unpaired) electrons. The average Bonchev–Trinajstić information content (AvgIpc) is 3.15. The second kappa shape index (κ2) is 5.27. The highest BCUT2D eigenvalue weighted by molar-refractivity contribution is 5.94. The Morgan fingerprint density at radius 2 is 2.22 bits per heavy atom. The van der Waals surface area contributed by atoms with Crippen molar-refractivity contribution in [2.24, 2.45) is 5.73 Å². The number of amides is 1. The number of hydrogen-bond donors (Lipinski definition) is 3. The van der Waals surface area contributed by atoms with Gasteiger partial charge in [0.1, 0.15) is 0 Å². The smallest absolute Gasteiger partial charge is 0.248 e. The van der Waals surface area contributed by atoms with Crippen LogP contribution < -0.4 is 16.8 Å². The molecule has 1 aliphatic rings. The summed E-state index contributed by atoms with van der Waals surface area (Å²) in [4.78, 5) is 13.4. The zero-order chi connectivity index (χ0) is 13.1. The standard InChI is InChI=1S/C13H20N4O/c1-17(10-3-4-10)7-6-16-12-8-9(13(15)18)2-5-11(12)14/h2,5,8,10,16H,3-4,6-7,14H2,1H3,(H2,15,18). The number of hydrogen-bond acceptors (Lipinski definition) is 4. The first-order chi connectivity index (χ1) is 8.58. The molecule has 0 spiro atoms. The molecule has 1 aromatic rings. The number of nitrogens with one attached hydrogen (secondary N) is 1. The average molecular weight is 248 g/mol. The van der Waals surface area contributed by atoms with Crippen molar-refractivity contribution in [1.29, 1.82) is 0 Å². The summed E-state index contributed by atoms with van der Waals surface area (Å²) >= 11 is 0. The molecule has 98 valence electrons. The predicted octanol–water partition coefficient (Wildman–Crippen LogP) is 0.874. The quantitative estimate of drug-likeness (QED) is 0.652. The van der Waals surface area contributed by atoms with Gasteiger partial charge in [-0.1, -0.05) is 0 Å². The van der Waals surface area contributed by atoms with Crippen molar-refractivity contribution in [3.63, 3.8) is 0 Å². The third-order valence-corrected chi connectivity index (χ3v) is 3.29. The Hall–Kier alpha value is -1.75. The number of carbonyl (C=O) groups is 1. The van der Waals surface area contributed by atoms with E-state index >= 15 is 0 Å². The van der Waals surface area contributed by atoms with E-state index in [1.54, 1.807) is 18.2 Å². The highest BCUT2D eigenvalue weighted by Crippen LogP contribution is 2.25. The fourth-order valence-corrected chi connectivity index (χ4v) is 1.93. The van der Waals surface area contributed by atoms with E-state index in [2.05, 4.69) is 17.3 Å². The molecule has 0 saturated heterocycles. The number of nitrogen functional groups attached to an aromatic ring is 1. The Bertz CT molecular complexity index is 443. The molecular weight excluding hydrogens is 228 g/mol. The highest BCUT2D eigenvalue weighted by Gasteiger charge is 2.25. The Morgan fingerprint density at radius 1 is 1.50 bits per heavy atom. The number of primary amides is 1. The van der Waals surface area contributed by atoms with Gasteiger partial charge >= 0.3 is 0 Å². The molecule has 1 fully saturated rings. The van der Waals surface area contributed by atoms with Gasteiger partial charge in [-0.3, -0.25) is 4.79 Å². The van der Waals surface area contributed by atoms with Gasteiger partial charge in [-0.15, -0.1) is 0 Å². The van der Waals surface area contributed by atoms with E-state index in [-0.39, 0.29) is 0 Å². The van der Waals surface area contributed by atoms with Crippen LogP contribution in [0.2, 0.25) is 0 Å². The number of rotatable bonds is 6. The van der Waals surface area contributed by atoms with E-state index in [4.69, 9.17) is 11.5 Å². The summed E-state index contributed by atoms with van der Waals surface area (Å²) < 4.78 is 0. The molecule has 1 aromatic carbocycles. The Kier molecular flexibility index (Phi) is 3.72. The molecule has 1 amide bonds. The molecule has 0 bridgehead atoms. The van der Waals surface area contributed by atoms with Crippen molar-refractivity contribution in [1.82, 2.24) is 4.90 Å². The molecule has 1 aliphatic carbocycles. The van der Waals surface area contributed by atoms with Crippen LogP contribution in [0.4, 0.5) is 11.4 Å². The fraction of sp³-hybridized carbons (Fsp3) is 0.462. The molecule has 0 aromatic heterocycles. The highest BCUT2D eigenvalue weighted by atomic mass is 16.1. The Labute approximate surface area is 107 Å². The Morgan fingerprint density at radius 3 is 2.83 bits per heavy atom. The minimum atomic E-state index is -0.437. The van der Waals surface area contributed by atoms with Crippen LogP contribution in [0.3, 0.4) is 0 Å². The van der Waals surface area contributed by atoms with Gasteiger partial charge in [0.2, 0.25) is 5.91 Å². The van der Waals surface area contributed by atoms with E-state index in [1.165, 1.54) is 12.8 Å². The third-order valence-electron chi connectivity index (χ3n) is 3.29. The van der Waals surface area contributed by atoms with Gasteiger partial charge in [0.25, 0.3) is 0 Å². The number of benzene rings is 1. The van der Waals surface area contributed by atoms with Gasteiger partial charge in [0.05, 0.1) is 11.4 Å². The van der Waals surface area contributed by atoms with Crippen molar-refractivity contribution < 1.29 is 4.79 Å². The lowest BCUT2D eigenvalue weighted by atomic mass is 10.1. The van der Waals surface area contributed by atoms with Crippen LogP contribution in [-0.2, 0) is 0 Å². The zero-order valence-electron chi connectivity index (χ0n) is 10.6. The summed E-state index contributed by atoms with van der Waals surface area (Å²) in [5.74, 6) is -0.437. The second-order valence-corrected chi connectivity index (χ2v) is 4.80. The van der Waals surface area contributed by atoms with Crippen LogP contribution in [0.15, 0.2) is 18.2 Å². The van der Waals surface area contributed by atoms with Gasteiger partial charge < -0.3 is 21.7 Å². The monoisotopic (exact) mass is 248 g/mol. The lowest BCUT2D eigenvalue weighted by Crippen LogP contribution is -2.27. The van der Waals surface area contributed by atoms with E-state index in [9.17, 15) is 4.79 Å². The molecule has 0 heterocycles. The first-order valence-electron chi connectivity index (χ1n) is 6.21. The minimum absolute atomic E-state index is 0.437. The van der Waals surface area contributed by atoms with Crippen molar-refractivity contribution in [2.45, 2.75) is 18.9 Å². The summed E-state index contributed by atoms with van der Waals surface area (Å²) in [5, 5.41) is 3.25. The van der Waals surface area contributed by atoms with Crippen molar-refractivity contribution >= 4 is 17.3 Å². The van der Waals surface area contributed by atoms with E-state index in [0.29, 0.717) is 11.3 Å². The van der Waals surface area contributed by atoms with Crippen molar-refractivity contribution in [2.75, 3.05) is 31.2 Å². The van der Waals surface area contributed by atoms with E-state index in [1.807, 2.05) is 0 Å². The summed E-state index contributed by atoms with van der Waals surface area (Å²) in [6.45, 7) is 1.77. The van der Waals surface area contributed by atoms with Crippen LogP contribution in [0.1, 0.15) is 23.2 Å². The number of nitrogens with two attached hydrogens (primary N) is 2. The summed E-state index contributed by atoms with van der Waals surface area (Å²) in [6, 6.07) is 5.79. The predicted molar refractivity (Wildman–Crippen MR) is 73.5 cm³/mol. The molecule has 5 N–H and O–H groups in total. The molecule has 0 aliphatic heterocycles. The lowest BCUT2D eigenvalue weighted by molar-refractivity contribution is 0.100. The molecule has 18 heavy (non-hydrogen) atoms. The zero-order valence-corrected chi connectivity index (χ0v) is 10.6. The minimum Gasteiger partial charge on any atom is -0.397 e. The van der Waals surface area contributed by atoms with Gasteiger partial charge in [-0.25, -0.2) is 0 Å². The number of likely N-dealkylation sites (N-methyl/N-ethyl adjacent to an activating group) is 1. The maximum Gasteiger partial charge on any atom is 0.248 e. The molecule has 2 rings (SSSR count). The van der Waals surface area contributed by atoms with Gasteiger partial charge in [0.15, 0.2) is 0 Å². The topological polar surface area (TPSA) is 84.4 Å².